The summed E-state index contributed by atoms with van der Waals surface area (Å²) in [6, 6.07) is 6.33. The van der Waals surface area contributed by atoms with Crippen LogP contribution >= 0.6 is 11.3 Å². The van der Waals surface area contributed by atoms with E-state index in [4.69, 9.17) is 0 Å². The molecule has 0 aromatic carbocycles. The Labute approximate surface area is 133 Å². The fourth-order valence-corrected chi connectivity index (χ4v) is 3.90. The fourth-order valence-electron chi connectivity index (χ4n) is 3.16. The van der Waals surface area contributed by atoms with Crippen LogP contribution in [0.15, 0.2) is 48.4 Å². The summed E-state index contributed by atoms with van der Waals surface area (Å²) in [5.41, 5.74) is 0. The van der Waals surface area contributed by atoms with E-state index in [2.05, 4.69) is 43.3 Å². The standard InChI is InChI=1S/C16H19N5S/c1-3-15(22-8-1)12-19-9-14(11-21-6-2-4-18-21)10-20-7-5-17-16(20)13-19/h1-8,14H,9-13H2. The van der Waals surface area contributed by atoms with Gasteiger partial charge in [0.15, 0.2) is 0 Å². The van der Waals surface area contributed by atoms with Crippen LogP contribution in [0.1, 0.15) is 10.7 Å². The number of rotatable bonds is 4. The zero-order valence-corrected chi connectivity index (χ0v) is 13.2. The highest BCUT2D eigenvalue weighted by molar-refractivity contribution is 7.09. The van der Waals surface area contributed by atoms with Crippen LogP contribution < -0.4 is 0 Å². The lowest BCUT2D eigenvalue weighted by Gasteiger charge is -2.23. The number of fused-ring (bicyclic) bond motifs is 1. The SMILES string of the molecule is c1csc(CN2Cc3nccn3CC(Cn3cccn3)C2)c1. The van der Waals surface area contributed by atoms with Crippen molar-refractivity contribution in [1.29, 1.82) is 0 Å². The maximum absolute atomic E-state index is 4.53. The predicted molar refractivity (Wildman–Crippen MR) is 86.4 cm³/mol. The van der Waals surface area contributed by atoms with Gasteiger partial charge in [-0.05, 0) is 17.5 Å². The minimum absolute atomic E-state index is 0.537. The first-order chi connectivity index (χ1) is 10.9. The van der Waals surface area contributed by atoms with Gasteiger partial charge in [-0.25, -0.2) is 4.98 Å². The minimum Gasteiger partial charge on any atom is -0.333 e. The van der Waals surface area contributed by atoms with Crippen molar-refractivity contribution in [1.82, 2.24) is 24.2 Å². The molecule has 6 heteroatoms. The molecule has 0 spiro atoms. The van der Waals surface area contributed by atoms with Crippen molar-refractivity contribution in [3.63, 3.8) is 0 Å². The Morgan fingerprint density at radius 3 is 3.00 bits per heavy atom. The predicted octanol–water partition coefficient (Wildman–Crippen LogP) is 2.47. The molecule has 4 rings (SSSR count). The summed E-state index contributed by atoms with van der Waals surface area (Å²) in [7, 11) is 0. The first-order valence-electron chi connectivity index (χ1n) is 7.59. The van der Waals surface area contributed by atoms with E-state index in [0.717, 1.165) is 32.7 Å². The molecule has 3 aromatic heterocycles. The van der Waals surface area contributed by atoms with Gasteiger partial charge in [-0.3, -0.25) is 9.58 Å². The highest BCUT2D eigenvalue weighted by atomic mass is 32.1. The molecule has 1 aliphatic rings. The van der Waals surface area contributed by atoms with Gasteiger partial charge in [0.2, 0.25) is 0 Å². The zero-order chi connectivity index (χ0) is 14.8. The molecule has 0 aliphatic carbocycles. The molecule has 1 atom stereocenters. The number of thiophene rings is 1. The number of hydrogen-bond donors (Lipinski definition) is 0. The Hall–Kier alpha value is -1.92. The summed E-state index contributed by atoms with van der Waals surface area (Å²) >= 11 is 1.83. The smallest absolute Gasteiger partial charge is 0.122 e. The van der Waals surface area contributed by atoms with Crippen molar-refractivity contribution >= 4 is 11.3 Å². The molecule has 1 unspecified atom stereocenters. The zero-order valence-electron chi connectivity index (χ0n) is 12.4. The lowest BCUT2D eigenvalue weighted by molar-refractivity contribution is 0.207. The van der Waals surface area contributed by atoms with E-state index in [-0.39, 0.29) is 0 Å². The Morgan fingerprint density at radius 2 is 2.18 bits per heavy atom. The van der Waals surface area contributed by atoms with E-state index < -0.39 is 0 Å². The molecule has 0 bridgehead atoms. The van der Waals surface area contributed by atoms with Gasteiger partial charge in [-0.1, -0.05) is 6.07 Å². The molecule has 22 heavy (non-hydrogen) atoms. The first kappa shape index (κ1) is 13.7. The number of imidazole rings is 1. The molecule has 0 N–H and O–H groups in total. The van der Waals surface area contributed by atoms with E-state index in [1.165, 1.54) is 10.7 Å². The summed E-state index contributed by atoms with van der Waals surface area (Å²) in [5, 5.41) is 6.51. The highest BCUT2D eigenvalue weighted by Gasteiger charge is 2.23. The van der Waals surface area contributed by atoms with Crippen LogP contribution in [-0.2, 0) is 26.2 Å². The monoisotopic (exact) mass is 313 g/mol. The summed E-state index contributed by atoms with van der Waals surface area (Å²) < 4.78 is 4.33. The molecule has 3 aromatic rings. The van der Waals surface area contributed by atoms with E-state index in [1.807, 2.05) is 40.7 Å². The Morgan fingerprint density at radius 1 is 1.18 bits per heavy atom. The van der Waals surface area contributed by atoms with E-state index in [9.17, 15) is 0 Å². The van der Waals surface area contributed by atoms with Gasteiger partial charge in [-0.2, -0.15) is 5.10 Å². The second-order valence-corrected chi connectivity index (χ2v) is 6.87. The second kappa shape index (κ2) is 6.06. The van der Waals surface area contributed by atoms with Gasteiger partial charge >= 0.3 is 0 Å². The molecule has 0 radical (unpaired) electrons. The van der Waals surface area contributed by atoms with Crippen LogP contribution in [0.5, 0.6) is 0 Å². The molecule has 1 aliphatic heterocycles. The van der Waals surface area contributed by atoms with Crippen LogP contribution in [-0.4, -0.2) is 30.8 Å². The van der Waals surface area contributed by atoms with Gasteiger partial charge in [0.25, 0.3) is 0 Å². The molecule has 0 saturated carbocycles. The maximum Gasteiger partial charge on any atom is 0.122 e. The summed E-state index contributed by atoms with van der Waals surface area (Å²) in [4.78, 5) is 8.45. The van der Waals surface area contributed by atoms with Crippen LogP contribution in [0.4, 0.5) is 0 Å². The number of aromatic nitrogens is 4. The Balaban J connectivity index is 1.54. The van der Waals surface area contributed by atoms with Gasteiger partial charge in [0.05, 0.1) is 6.54 Å². The average Bonchev–Trinajstić information content (AvgIpc) is 3.22. The third-order valence-electron chi connectivity index (χ3n) is 4.10. The molecule has 0 fully saturated rings. The lowest BCUT2D eigenvalue weighted by atomic mass is 10.1. The summed E-state index contributed by atoms with van der Waals surface area (Å²) in [6.07, 6.45) is 7.90. The minimum atomic E-state index is 0.537. The number of hydrogen-bond acceptors (Lipinski definition) is 4. The van der Waals surface area contributed by atoms with Gasteiger partial charge in [0, 0.05) is 61.8 Å². The molecule has 4 heterocycles. The normalized spacial score (nSPS) is 19.0. The topological polar surface area (TPSA) is 38.9 Å². The molecule has 0 amide bonds. The van der Waals surface area contributed by atoms with E-state index in [1.54, 1.807) is 0 Å². The second-order valence-electron chi connectivity index (χ2n) is 5.84. The van der Waals surface area contributed by atoms with Crippen molar-refractivity contribution in [2.75, 3.05) is 6.54 Å². The van der Waals surface area contributed by atoms with Gasteiger partial charge in [-0.15, -0.1) is 11.3 Å². The first-order valence-corrected chi connectivity index (χ1v) is 8.47. The van der Waals surface area contributed by atoms with Crippen LogP contribution in [0.25, 0.3) is 0 Å². The van der Waals surface area contributed by atoms with Gasteiger partial charge in [0.1, 0.15) is 5.82 Å². The summed E-state index contributed by atoms with van der Waals surface area (Å²) in [5.74, 6) is 1.70. The molecular formula is C16H19N5S. The van der Waals surface area contributed by atoms with Crippen molar-refractivity contribution in [3.05, 3.63) is 59.1 Å². The van der Waals surface area contributed by atoms with Crippen molar-refractivity contribution in [2.24, 2.45) is 5.92 Å². The molecule has 114 valence electrons. The van der Waals surface area contributed by atoms with E-state index >= 15 is 0 Å². The third kappa shape index (κ3) is 2.98. The quantitative estimate of drug-likeness (QED) is 0.743. The van der Waals surface area contributed by atoms with Crippen LogP contribution in [0.2, 0.25) is 0 Å². The summed E-state index contributed by atoms with van der Waals surface area (Å²) in [6.45, 7) is 4.95. The Kier molecular flexibility index (Phi) is 3.78. The van der Waals surface area contributed by atoms with Gasteiger partial charge < -0.3 is 4.57 Å². The molecular weight excluding hydrogens is 294 g/mol. The maximum atomic E-state index is 4.53. The van der Waals surface area contributed by atoms with E-state index in [0.29, 0.717) is 5.92 Å². The van der Waals surface area contributed by atoms with Crippen LogP contribution in [0, 0.1) is 5.92 Å². The van der Waals surface area contributed by atoms with Crippen molar-refractivity contribution in [3.8, 4) is 0 Å². The average molecular weight is 313 g/mol. The van der Waals surface area contributed by atoms with Crippen molar-refractivity contribution in [2.45, 2.75) is 26.2 Å². The molecule has 5 nitrogen and oxygen atoms in total. The largest absolute Gasteiger partial charge is 0.333 e. The van der Waals surface area contributed by atoms with Crippen molar-refractivity contribution < 1.29 is 0 Å². The third-order valence-corrected chi connectivity index (χ3v) is 4.96. The lowest BCUT2D eigenvalue weighted by Crippen LogP contribution is -2.29. The number of nitrogens with zero attached hydrogens (tertiary/aromatic N) is 5. The van der Waals surface area contributed by atoms with Crippen LogP contribution in [0.3, 0.4) is 0 Å². The highest BCUT2D eigenvalue weighted by Crippen LogP contribution is 2.20. The fraction of sp³-hybridized carbons (Fsp3) is 0.375. The molecule has 0 saturated heterocycles. The Bertz CT molecular complexity index is 642.